The van der Waals surface area contributed by atoms with Crippen LogP contribution >= 0.6 is 15.9 Å². The molecule has 4 rings (SSSR count). The number of alkyl halides is 3. The first-order chi connectivity index (χ1) is 14.2. The Bertz CT molecular complexity index is 1310. The fourth-order valence-electron chi connectivity index (χ4n) is 3.54. The molecule has 0 amide bonds. The molecule has 0 aliphatic rings. The van der Waals surface area contributed by atoms with Crippen molar-refractivity contribution in [1.29, 1.82) is 0 Å². The summed E-state index contributed by atoms with van der Waals surface area (Å²) in [6, 6.07) is 15.6. The molecular weight excluding hydrogens is 463 g/mol. The van der Waals surface area contributed by atoms with Crippen molar-refractivity contribution in [2.24, 2.45) is 0 Å². The van der Waals surface area contributed by atoms with Crippen LogP contribution in [0.25, 0.3) is 16.4 Å². The summed E-state index contributed by atoms with van der Waals surface area (Å²) < 4.78 is 48.8. The van der Waals surface area contributed by atoms with Crippen LogP contribution in [0, 0.1) is 0 Å². The summed E-state index contributed by atoms with van der Waals surface area (Å²) >= 11 is 3.26. The smallest absolute Gasteiger partial charge is 0.432 e. The lowest BCUT2D eigenvalue weighted by Gasteiger charge is -2.11. The van der Waals surface area contributed by atoms with Gasteiger partial charge in [-0.1, -0.05) is 40.2 Å². The maximum absolute atomic E-state index is 14.2. The molecule has 2 aromatic heterocycles. The van der Waals surface area contributed by atoms with E-state index in [-0.39, 0.29) is 22.2 Å². The summed E-state index contributed by atoms with van der Waals surface area (Å²) in [5, 5.41) is 0.532. The molecule has 8 heteroatoms. The van der Waals surface area contributed by atoms with E-state index in [2.05, 4.69) is 20.7 Å². The van der Waals surface area contributed by atoms with E-state index in [0.717, 1.165) is 11.5 Å². The fourth-order valence-corrected chi connectivity index (χ4v) is 3.81. The normalized spacial score (nSPS) is 11.8. The number of hydrogen-bond donors (Lipinski definition) is 0. The van der Waals surface area contributed by atoms with Crippen LogP contribution in [-0.4, -0.2) is 23.3 Å². The molecule has 2 aromatic carbocycles. The van der Waals surface area contributed by atoms with Crippen molar-refractivity contribution in [1.82, 2.24) is 4.40 Å². The zero-order valence-corrected chi connectivity index (χ0v) is 17.0. The molecule has 0 fully saturated rings. The van der Waals surface area contributed by atoms with Crippen LogP contribution in [0.1, 0.15) is 32.0 Å². The average molecular weight is 476 g/mol. The molecule has 0 bridgehead atoms. The first-order valence-electron chi connectivity index (χ1n) is 8.76. The van der Waals surface area contributed by atoms with E-state index < -0.39 is 29.2 Å². The molecule has 0 aliphatic heterocycles. The Morgan fingerprint density at radius 2 is 1.57 bits per heavy atom. The topological polar surface area (TPSA) is 47.8 Å². The number of nitrogens with zero attached hydrogens (tertiary/aromatic N) is 1. The lowest BCUT2D eigenvalue weighted by Crippen LogP contribution is -2.17. The molecule has 0 spiro atoms. The summed E-state index contributed by atoms with van der Waals surface area (Å²) in [5.41, 5.74) is -2.02. The fraction of sp³-hybridized carbons (Fsp3) is 0.0909. The van der Waals surface area contributed by atoms with Crippen LogP contribution in [0.2, 0.25) is 0 Å². The summed E-state index contributed by atoms with van der Waals surface area (Å²) in [7, 11) is 0.983. The second kappa shape index (κ2) is 7.28. The largest absolute Gasteiger partial charge is 0.465 e. The van der Waals surface area contributed by atoms with E-state index >= 15 is 0 Å². The van der Waals surface area contributed by atoms with Gasteiger partial charge in [0.15, 0.2) is 5.78 Å². The number of esters is 1. The number of rotatable bonds is 3. The summed E-state index contributed by atoms with van der Waals surface area (Å²) in [6.45, 7) is 0. The van der Waals surface area contributed by atoms with Crippen molar-refractivity contribution in [3.8, 4) is 0 Å². The third-order valence-corrected chi connectivity index (χ3v) is 5.33. The number of carbonyl (C=O) groups excluding carboxylic acids is 2. The minimum Gasteiger partial charge on any atom is -0.465 e. The minimum absolute atomic E-state index is 0.0191. The summed E-state index contributed by atoms with van der Waals surface area (Å²) in [6.07, 6.45) is -4.91. The predicted molar refractivity (Wildman–Crippen MR) is 109 cm³/mol. The van der Waals surface area contributed by atoms with Gasteiger partial charge in [0, 0.05) is 10.0 Å². The number of ketones is 1. The van der Waals surface area contributed by atoms with Gasteiger partial charge in [0.1, 0.15) is 11.3 Å². The van der Waals surface area contributed by atoms with Gasteiger partial charge in [0.05, 0.1) is 23.7 Å². The van der Waals surface area contributed by atoms with Gasteiger partial charge in [-0.25, -0.2) is 4.79 Å². The highest BCUT2D eigenvalue weighted by Crippen LogP contribution is 2.40. The van der Waals surface area contributed by atoms with Gasteiger partial charge < -0.3 is 9.14 Å². The lowest BCUT2D eigenvalue weighted by atomic mass is 9.99. The van der Waals surface area contributed by atoms with Crippen LogP contribution in [0.4, 0.5) is 13.2 Å². The van der Waals surface area contributed by atoms with Gasteiger partial charge in [0.2, 0.25) is 0 Å². The van der Waals surface area contributed by atoms with Gasteiger partial charge in [0.25, 0.3) is 0 Å². The zero-order chi connectivity index (χ0) is 21.6. The van der Waals surface area contributed by atoms with Crippen molar-refractivity contribution < 1.29 is 27.5 Å². The molecule has 0 saturated carbocycles. The van der Waals surface area contributed by atoms with E-state index in [4.69, 9.17) is 0 Å². The highest BCUT2D eigenvalue weighted by molar-refractivity contribution is 9.10. The number of carbonyl (C=O) groups is 2. The van der Waals surface area contributed by atoms with E-state index in [1.165, 1.54) is 24.3 Å². The number of fused-ring (bicyclic) bond motifs is 3. The number of methoxy groups -OCH3 is 1. The lowest BCUT2D eigenvalue weighted by molar-refractivity contribution is -0.142. The van der Waals surface area contributed by atoms with Gasteiger partial charge in [-0.15, -0.1) is 0 Å². The molecule has 0 N–H and O–H groups in total. The third-order valence-electron chi connectivity index (χ3n) is 4.80. The highest BCUT2D eigenvalue weighted by Gasteiger charge is 2.43. The second-order valence-electron chi connectivity index (χ2n) is 6.54. The SMILES string of the molecule is COC(=O)c1c(C(=O)c2ccc(Br)cc2)c2ccc3ccccc3n2c1C(F)(F)F. The van der Waals surface area contributed by atoms with Crippen molar-refractivity contribution in [2.45, 2.75) is 6.18 Å². The van der Waals surface area contributed by atoms with Crippen molar-refractivity contribution in [2.75, 3.05) is 7.11 Å². The van der Waals surface area contributed by atoms with Crippen LogP contribution in [-0.2, 0) is 10.9 Å². The Hall–Kier alpha value is -3.13. The monoisotopic (exact) mass is 475 g/mol. The van der Waals surface area contributed by atoms with Crippen LogP contribution in [0.15, 0.2) is 65.1 Å². The Morgan fingerprint density at radius 1 is 0.900 bits per heavy atom. The van der Waals surface area contributed by atoms with Crippen LogP contribution in [0.5, 0.6) is 0 Å². The molecule has 0 unspecified atom stereocenters. The number of ether oxygens (including phenoxy) is 1. The number of benzene rings is 2. The van der Waals surface area contributed by atoms with Gasteiger partial charge in [-0.2, -0.15) is 13.2 Å². The third kappa shape index (κ3) is 3.17. The van der Waals surface area contributed by atoms with Gasteiger partial charge in [-0.3, -0.25) is 4.79 Å². The van der Waals surface area contributed by atoms with Crippen LogP contribution in [0.3, 0.4) is 0 Å². The highest BCUT2D eigenvalue weighted by atomic mass is 79.9. The number of halogens is 4. The Labute approximate surface area is 177 Å². The van der Waals surface area contributed by atoms with Gasteiger partial charge in [-0.05, 0) is 41.8 Å². The van der Waals surface area contributed by atoms with E-state index in [9.17, 15) is 22.8 Å². The molecule has 4 nitrogen and oxygen atoms in total. The quantitative estimate of drug-likeness (QED) is 0.274. The van der Waals surface area contributed by atoms with Crippen molar-refractivity contribution in [3.63, 3.8) is 0 Å². The predicted octanol–water partition coefficient (Wildman–Crippen LogP) is 5.89. The molecule has 2 heterocycles. The summed E-state index contributed by atoms with van der Waals surface area (Å²) in [5.74, 6) is -1.93. The molecule has 0 radical (unpaired) electrons. The maximum atomic E-state index is 14.2. The molecule has 30 heavy (non-hydrogen) atoms. The second-order valence-corrected chi connectivity index (χ2v) is 7.45. The van der Waals surface area contributed by atoms with Crippen molar-refractivity contribution in [3.05, 3.63) is 87.5 Å². The molecule has 0 atom stereocenters. The minimum atomic E-state index is -4.91. The molecule has 0 aliphatic carbocycles. The number of para-hydroxylation sites is 1. The first-order valence-corrected chi connectivity index (χ1v) is 9.55. The number of aromatic nitrogens is 1. The molecular formula is C22H13BrF3NO3. The Morgan fingerprint density at radius 3 is 2.20 bits per heavy atom. The van der Waals surface area contributed by atoms with Crippen molar-refractivity contribution >= 4 is 44.1 Å². The molecule has 152 valence electrons. The van der Waals surface area contributed by atoms with E-state index in [1.54, 1.807) is 36.4 Å². The number of pyridine rings is 1. The Kier molecular flexibility index (Phi) is 4.89. The Balaban J connectivity index is 2.18. The standard InChI is InChI=1S/C22H13BrF3NO3/c1-30-21(29)18-17(19(28)13-6-9-14(23)10-7-13)16-11-8-12-4-2-3-5-15(12)27(16)20(18)22(24,25)26/h2-11H,1H3. The molecule has 4 aromatic rings. The maximum Gasteiger partial charge on any atom is 0.432 e. The van der Waals surface area contributed by atoms with E-state index in [0.29, 0.717) is 9.86 Å². The first kappa shape index (κ1) is 20.2. The average Bonchev–Trinajstić information content (AvgIpc) is 3.09. The summed E-state index contributed by atoms with van der Waals surface area (Å²) in [4.78, 5) is 25.8. The zero-order valence-electron chi connectivity index (χ0n) is 15.5. The van der Waals surface area contributed by atoms with E-state index in [1.807, 2.05) is 0 Å². The van der Waals surface area contributed by atoms with Gasteiger partial charge >= 0.3 is 12.1 Å². The molecule has 0 saturated heterocycles. The number of hydrogen-bond acceptors (Lipinski definition) is 3. The van der Waals surface area contributed by atoms with Crippen LogP contribution < -0.4 is 0 Å².